The fourth-order valence-corrected chi connectivity index (χ4v) is 3.66. The maximum absolute atomic E-state index is 12.8. The Hall–Kier alpha value is -3.10. The highest BCUT2D eigenvalue weighted by Crippen LogP contribution is 2.24. The van der Waals surface area contributed by atoms with E-state index in [-0.39, 0.29) is 25.0 Å². The molecule has 0 radical (unpaired) electrons. The number of rotatable bonds is 5. The molecule has 1 aromatic carbocycles. The van der Waals surface area contributed by atoms with E-state index < -0.39 is 6.04 Å². The average molecular weight is 394 g/mol. The molecule has 142 valence electrons. The average Bonchev–Trinajstić information content (AvgIpc) is 3.19. The molecule has 7 nitrogen and oxygen atoms in total. The molecule has 4 rings (SSSR count). The van der Waals surface area contributed by atoms with Crippen LogP contribution in [0.25, 0.3) is 11.4 Å². The summed E-state index contributed by atoms with van der Waals surface area (Å²) < 4.78 is 5.32. The minimum Gasteiger partial charge on any atom is -0.369 e. The first-order valence-corrected chi connectivity index (χ1v) is 9.67. The van der Waals surface area contributed by atoms with E-state index in [4.69, 9.17) is 4.74 Å². The molecule has 1 N–H and O–H groups in total. The van der Waals surface area contributed by atoms with Crippen LogP contribution in [0, 0.1) is 0 Å². The Morgan fingerprint density at radius 1 is 1.18 bits per heavy atom. The van der Waals surface area contributed by atoms with Gasteiger partial charge in [-0.1, -0.05) is 36.4 Å². The minimum absolute atomic E-state index is 0.0162. The number of aromatic nitrogens is 2. The zero-order valence-corrected chi connectivity index (χ0v) is 15.8. The zero-order chi connectivity index (χ0) is 19.3. The second kappa shape index (κ2) is 8.28. The van der Waals surface area contributed by atoms with Gasteiger partial charge in [-0.15, -0.1) is 11.3 Å². The van der Waals surface area contributed by atoms with Crippen molar-refractivity contribution in [2.24, 2.45) is 0 Å². The molecule has 1 atom stereocenters. The van der Waals surface area contributed by atoms with Crippen LogP contribution >= 0.6 is 11.3 Å². The Bertz CT molecular complexity index is 962. The molecule has 0 spiro atoms. The Morgan fingerprint density at radius 3 is 2.79 bits per heavy atom. The first kappa shape index (κ1) is 18.3. The second-order valence-corrected chi connectivity index (χ2v) is 7.14. The van der Waals surface area contributed by atoms with Crippen LogP contribution < -0.4 is 5.32 Å². The van der Waals surface area contributed by atoms with E-state index in [2.05, 4.69) is 15.3 Å². The molecule has 0 aliphatic carbocycles. The lowest BCUT2D eigenvalue weighted by atomic mass is 10.1. The van der Waals surface area contributed by atoms with Gasteiger partial charge in [0.2, 0.25) is 5.91 Å². The molecule has 0 bridgehead atoms. The SMILES string of the molecule is O=C(Nc1nc(-c2ccccn2)cs1)[C@H]1COCC(=O)N1Cc1ccccc1. The molecule has 1 aliphatic heterocycles. The van der Waals surface area contributed by atoms with E-state index in [0.29, 0.717) is 17.4 Å². The Labute approximate surface area is 166 Å². The minimum atomic E-state index is -0.705. The number of morpholine rings is 1. The normalized spacial score (nSPS) is 16.8. The van der Waals surface area contributed by atoms with Gasteiger partial charge in [0.25, 0.3) is 5.91 Å². The fraction of sp³-hybridized carbons (Fsp3) is 0.200. The number of benzene rings is 1. The van der Waals surface area contributed by atoms with Gasteiger partial charge < -0.3 is 15.0 Å². The summed E-state index contributed by atoms with van der Waals surface area (Å²) in [5, 5.41) is 5.10. The van der Waals surface area contributed by atoms with Gasteiger partial charge in [0.15, 0.2) is 5.13 Å². The van der Waals surface area contributed by atoms with Crippen LogP contribution in [0.4, 0.5) is 5.13 Å². The number of amides is 2. The van der Waals surface area contributed by atoms with Crippen molar-refractivity contribution in [3.05, 3.63) is 65.7 Å². The summed E-state index contributed by atoms with van der Waals surface area (Å²) in [5.74, 6) is -0.519. The zero-order valence-electron chi connectivity index (χ0n) is 14.9. The molecule has 8 heteroatoms. The van der Waals surface area contributed by atoms with E-state index in [0.717, 1.165) is 11.3 Å². The maximum atomic E-state index is 12.8. The number of hydrogen-bond acceptors (Lipinski definition) is 6. The van der Waals surface area contributed by atoms with Crippen molar-refractivity contribution in [2.45, 2.75) is 12.6 Å². The monoisotopic (exact) mass is 394 g/mol. The van der Waals surface area contributed by atoms with E-state index in [1.54, 1.807) is 11.1 Å². The van der Waals surface area contributed by atoms with Crippen LogP contribution in [0.3, 0.4) is 0 Å². The Kier molecular flexibility index (Phi) is 5.41. The lowest BCUT2D eigenvalue weighted by Crippen LogP contribution is -2.54. The third kappa shape index (κ3) is 4.08. The molecule has 3 heterocycles. The smallest absolute Gasteiger partial charge is 0.251 e. The van der Waals surface area contributed by atoms with Crippen molar-refractivity contribution in [3.8, 4) is 11.4 Å². The number of pyridine rings is 1. The predicted octanol–water partition coefficient (Wildman–Crippen LogP) is 2.57. The summed E-state index contributed by atoms with van der Waals surface area (Å²) in [6.45, 7) is 0.499. The van der Waals surface area contributed by atoms with Gasteiger partial charge in [-0.3, -0.25) is 14.6 Å². The highest BCUT2D eigenvalue weighted by atomic mass is 32.1. The van der Waals surface area contributed by atoms with Crippen molar-refractivity contribution in [1.82, 2.24) is 14.9 Å². The van der Waals surface area contributed by atoms with Gasteiger partial charge >= 0.3 is 0 Å². The van der Waals surface area contributed by atoms with E-state index in [9.17, 15) is 9.59 Å². The summed E-state index contributed by atoms with van der Waals surface area (Å²) in [7, 11) is 0. The van der Waals surface area contributed by atoms with E-state index in [1.165, 1.54) is 11.3 Å². The van der Waals surface area contributed by atoms with Gasteiger partial charge in [0.05, 0.1) is 12.3 Å². The summed E-state index contributed by atoms with van der Waals surface area (Å²) in [6, 6.07) is 14.4. The van der Waals surface area contributed by atoms with Crippen molar-refractivity contribution in [2.75, 3.05) is 18.5 Å². The molecular weight excluding hydrogens is 376 g/mol. The first-order chi connectivity index (χ1) is 13.7. The summed E-state index contributed by atoms with van der Waals surface area (Å²) in [4.78, 5) is 35.4. The number of carbonyl (C=O) groups is 2. The van der Waals surface area contributed by atoms with E-state index in [1.807, 2.05) is 53.9 Å². The number of carbonyl (C=O) groups excluding carboxylic acids is 2. The Balaban J connectivity index is 1.48. The molecule has 3 aromatic rings. The number of anilines is 1. The Morgan fingerprint density at radius 2 is 2.00 bits per heavy atom. The van der Waals surface area contributed by atoms with Gasteiger partial charge in [0.1, 0.15) is 18.3 Å². The summed E-state index contributed by atoms with van der Waals surface area (Å²) in [5.41, 5.74) is 2.39. The molecule has 0 saturated carbocycles. The lowest BCUT2D eigenvalue weighted by molar-refractivity contribution is -0.154. The molecule has 1 fully saturated rings. The van der Waals surface area contributed by atoms with E-state index >= 15 is 0 Å². The second-order valence-electron chi connectivity index (χ2n) is 6.28. The molecule has 2 amide bonds. The van der Waals surface area contributed by atoms with Crippen molar-refractivity contribution >= 4 is 28.3 Å². The largest absolute Gasteiger partial charge is 0.369 e. The van der Waals surface area contributed by atoms with Crippen LogP contribution in [-0.2, 0) is 20.9 Å². The van der Waals surface area contributed by atoms with Crippen LogP contribution in [0.2, 0.25) is 0 Å². The van der Waals surface area contributed by atoms with Gasteiger partial charge in [-0.05, 0) is 17.7 Å². The summed E-state index contributed by atoms with van der Waals surface area (Å²) >= 11 is 1.32. The topological polar surface area (TPSA) is 84.4 Å². The van der Waals surface area contributed by atoms with Crippen LogP contribution in [-0.4, -0.2) is 45.9 Å². The number of thiazole rings is 1. The van der Waals surface area contributed by atoms with Crippen LogP contribution in [0.5, 0.6) is 0 Å². The number of ether oxygens (including phenoxy) is 1. The molecule has 28 heavy (non-hydrogen) atoms. The molecule has 0 unspecified atom stereocenters. The fourth-order valence-electron chi connectivity index (χ4n) is 2.95. The van der Waals surface area contributed by atoms with Gasteiger partial charge in [-0.25, -0.2) is 4.98 Å². The number of nitrogens with zero attached hydrogens (tertiary/aromatic N) is 3. The van der Waals surface area contributed by atoms with Crippen LogP contribution in [0.1, 0.15) is 5.56 Å². The molecule has 1 saturated heterocycles. The maximum Gasteiger partial charge on any atom is 0.251 e. The standard InChI is InChI=1S/C20H18N4O3S/c25-18-12-27-11-17(24(18)10-14-6-2-1-3-7-14)19(26)23-20-22-16(13-28-20)15-8-4-5-9-21-15/h1-9,13,17H,10-12H2,(H,22,23,26)/t17-/m1/s1. The number of hydrogen-bond donors (Lipinski definition) is 1. The quantitative estimate of drug-likeness (QED) is 0.719. The third-order valence-corrected chi connectivity index (χ3v) is 5.12. The van der Waals surface area contributed by atoms with Crippen molar-refractivity contribution < 1.29 is 14.3 Å². The highest BCUT2D eigenvalue weighted by molar-refractivity contribution is 7.14. The van der Waals surface area contributed by atoms with Gasteiger partial charge in [0, 0.05) is 18.1 Å². The van der Waals surface area contributed by atoms with Crippen molar-refractivity contribution in [1.29, 1.82) is 0 Å². The highest BCUT2D eigenvalue weighted by Gasteiger charge is 2.34. The first-order valence-electron chi connectivity index (χ1n) is 8.79. The van der Waals surface area contributed by atoms with Crippen LogP contribution in [0.15, 0.2) is 60.1 Å². The number of nitrogens with one attached hydrogen (secondary N) is 1. The molecule has 2 aromatic heterocycles. The molecular formula is C20H18N4O3S. The third-order valence-electron chi connectivity index (χ3n) is 4.36. The molecule has 1 aliphatic rings. The summed E-state index contributed by atoms with van der Waals surface area (Å²) in [6.07, 6.45) is 1.69. The predicted molar refractivity (Wildman–Crippen MR) is 106 cm³/mol. The van der Waals surface area contributed by atoms with Crippen molar-refractivity contribution in [3.63, 3.8) is 0 Å². The van der Waals surface area contributed by atoms with Gasteiger partial charge in [-0.2, -0.15) is 0 Å². The lowest BCUT2D eigenvalue weighted by Gasteiger charge is -2.34.